The molecular formula is C14H20Cl2N2O2. The highest BCUT2D eigenvalue weighted by atomic mass is 35.5. The quantitative estimate of drug-likeness (QED) is 0.924. The molecule has 1 unspecified atom stereocenters. The lowest BCUT2D eigenvalue weighted by Gasteiger charge is -2.24. The molecule has 1 aromatic carbocycles. The molecule has 4 nitrogen and oxygen atoms in total. The summed E-state index contributed by atoms with van der Waals surface area (Å²) in [7, 11) is 3.46. The minimum atomic E-state index is 0. The van der Waals surface area contributed by atoms with Gasteiger partial charge in [0.2, 0.25) is 5.91 Å². The highest BCUT2D eigenvalue weighted by molar-refractivity contribution is 6.30. The number of carbonyl (C=O) groups excluding carboxylic acids is 1. The van der Waals surface area contributed by atoms with Crippen molar-refractivity contribution in [2.24, 2.45) is 0 Å². The molecule has 0 aromatic heterocycles. The van der Waals surface area contributed by atoms with E-state index in [0.29, 0.717) is 17.2 Å². The number of ether oxygens (including phenoxy) is 1. The maximum absolute atomic E-state index is 12.3. The van der Waals surface area contributed by atoms with Crippen LogP contribution >= 0.6 is 24.0 Å². The average molecular weight is 319 g/mol. The molecule has 1 heterocycles. The molecule has 1 aromatic rings. The first kappa shape index (κ1) is 17.1. The van der Waals surface area contributed by atoms with Crippen LogP contribution in [0.1, 0.15) is 12.0 Å². The second-order valence-electron chi connectivity index (χ2n) is 4.78. The minimum Gasteiger partial charge on any atom is -0.496 e. The summed E-state index contributed by atoms with van der Waals surface area (Å²) in [6.07, 6.45) is 1.33. The second-order valence-corrected chi connectivity index (χ2v) is 5.22. The van der Waals surface area contributed by atoms with Gasteiger partial charge in [0.25, 0.3) is 0 Å². The lowest BCUT2D eigenvalue weighted by atomic mass is 10.1. The van der Waals surface area contributed by atoms with Crippen molar-refractivity contribution >= 4 is 29.9 Å². The van der Waals surface area contributed by atoms with Crippen molar-refractivity contribution in [1.82, 2.24) is 10.2 Å². The first-order valence-electron chi connectivity index (χ1n) is 6.40. The van der Waals surface area contributed by atoms with Gasteiger partial charge in [-0.2, -0.15) is 0 Å². The van der Waals surface area contributed by atoms with Crippen molar-refractivity contribution in [3.63, 3.8) is 0 Å². The maximum atomic E-state index is 12.3. The third-order valence-corrected chi connectivity index (χ3v) is 3.79. The summed E-state index contributed by atoms with van der Waals surface area (Å²) >= 11 is 5.97. The fourth-order valence-electron chi connectivity index (χ4n) is 2.35. The standard InChI is InChI=1S/C14H19ClN2O2.ClH/c1-17(12-5-6-16-9-12)14(18)8-10-7-11(15)3-4-13(10)19-2;/h3-4,7,12,16H,5-6,8-9H2,1-2H3;1H. The Balaban J connectivity index is 0.00000200. The number of rotatable bonds is 4. The Morgan fingerprint density at radius 1 is 1.55 bits per heavy atom. The number of benzene rings is 1. The predicted octanol–water partition coefficient (Wildman–Crippen LogP) is 2.13. The van der Waals surface area contributed by atoms with Gasteiger partial charge in [0, 0.05) is 30.2 Å². The van der Waals surface area contributed by atoms with E-state index in [4.69, 9.17) is 16.3 Å². The number of halogens is 2. The van der Waals surface area contributed by atoms with E-state index in [-0.39, 0.29) is 24.4 Å². The van der Waals surface area contributed by atoms with E-state index < -0.39 is 0 Å². The largest absolute Gasteiger partial charge is 0.496 e. The number of nitrogens with one attached hydrogen (secondary N) is 1. The predicted molar refractivity (Wildman–Crippen MR) is 83.0 cm³/mol. The highest BCUT2D eigenvalue weighted by Gasteiger charge is 2.23. The molecule has 112 valence electrons. The van der Waals surface area contributed by atoms with Gasteiger partial charge >= 0.3 is 0 Å². The number of nitrogens with zero attached hydrogens (tertiary/aromatic N) is 1. The van der Waals surface area contributed by atoms with Gasteiger partial charge < -0.3 is 15.0 Å². The van der Waals surface area contributed by atoms with Gasteiger partial charge in [-0.25, -0.2) is 0 Å². The van der Waals surface area contributed by atoms with E-state index in [0.717, 1.165) is 25.1 Å². The van der Waals surface area contributed by atoms with Crippen molar-refractivity contribution in [2.75, 3.05) is 27.2 Å². The van der Waals surface area contributed by atoms with Crippen molar-refractivity contribution in [3.05, 3.63) is 28.8 Å². The van der Waals surface area contributed by atoms with E-state index in [1.165, 1.54) is 0 Å². The maximum Gasteiger partial charge on any atom is 0.227 e. The molecule has 1 aliphatic rings. The topological polar surface area (TPSA) is 41.6 Å². The molecule has 20 heavy (non-hydrogen) atoms. The summed E-state index contributed by atoms with van der Waals surface area (Å²) in [6.45, 7) is 1.84. The molecule has 2 rings (SSSR count). The van der Waals surface area contributed by atoms with E-state index in [1.54, 1.807) is 25.3 Å². The van der Waals surface area contributed by atoms with Crippen molar-refractivity contribution in [2.45, 2.75) is 18.9 Å². The third-order valence-electron chi connectivity index (χ3n) is 3.56. The summed E-state index contributed by atoms with van der Waals surface area (Å²) < 4.78 is 5.26. The summed E-state index contributed by atoms with van der Waals surface area (Å²) in [4.78, 5) is 14.1. The lowest BCUT2D eigenvalue weighted by molar-refractivity contribution is -0.130. The van der Waals surface area contributed by atoms with Crippen LogP contribution in [0.4, 0.5) is 0 Å². The van der Waals surface area contributed by atoms with Crippen LogP contribution in [0.3, 0.4) is 0 Å². The Morgan fingerprint density at radius 3 is 2.90 bits per heavy atom. The molecule has 1 atom stereocenters. The molecular weight excluding hydrogens is 299 g/mol. The average Bonchev–Trinajstić information content (AvgIpc) is 2.92. The van der Waals surface area contributed by atoms with Gasteiger partial charge in [-0.15, -0.1) is 12.4 Å². The van der Waals surface area contributed by atoms with E-state index >= 15 is 0 Å². The summed E-state index contributed by atoms with van der Waals surface area (Å²) in [5.74, 6) is 0.796. The Labute approximate surface area is 130 Å². The molecule has 1 saturated heterocycles. The highest BCUT2D eigenvalue weighted by Crippen LogP contribution is 2.23. The molecule has 0 bridgehead atoms. The minimum absolute atomic E-state index is 0. The summed E-state index contributed by atoms with van der Waals surface area (Å²) in [5, 5.41) is 3.88. The summed E-state index contributed by atoms with van der Waals surface area (Å²) in [5.41, 5.74) is 0.831. The molecule has 0 saturated carbocycles. The molecule has 1 fully saturated rings. The van der Waals surface area contributed by atoms with Gasteiger partial charge in [-0.1, -0.05) is 11.6 Å². The van der Waals surface area contributed by atoms with Crippen molar-refractivity contribution < 1.29 is 9.53 Å². The molecule has 0 radical (unpaired) electrons. The first-order valence-corrected chi connectivity index (χ1v) is 6.78. The van der Waals surface area contributed by atoms with Crippen LogP contribution in [-0.4, -0.2) is 44.1 Å². The fourth-order valence-corrected chi connectivity index (χ4v) is 2.54. The number of hydrogen-bond acceptors (Lipinski definition) is 3. The van der Waals surface area contributed by atoms with Gasteiger partial charge in [0.1, 0.15) is 5.75 Å². The molecule has 0 spiro atoms. The van der Waals surface area contributed by atoms with Gasteiger partial charge in [0.05, 0.1) is 13.5 Å². The second kappa shape index (κ2) is 7.72. The monoisotopic (exact) mass is 318 g/mol. The number of hydrogen-bond donors (Lipinski definition) is 1. The van der Waals surface area contributed by atoms with Crippen molar-refractivity contribution in [3.8, 4) is 5.75 Å². The Kier molecular flexibility index (Phi) is 6.59. The fraction of sp³-hybridized carbons (Fsp3) is 0.500. The van der Waals surface area contributed by atoms with Crippen LogP contribution < -0.4 is 10.1 Å². The van der Waals surface area contributed by atoms with E-state index in [2.05, 4.69) is 5.32 Å². The van der Waals surface area contributed by atoms with Crippen LogP contribution in [-0.2, 0) is 11.2 Å². The normalized spacial score (nSPS) is 17.4. The Morgan fingerprint density at radius 2 is 2.30 bits per heavy atom. The van der Waals surface area contributed by atoms with Crippen LogP contribution in [0, 0.1) is 0 Å². The van der Waals surface area contributed by atoms with Crippen LogP contribution in [0.5, 0.6) is 5.75 Å². The lowest BCUT2D eigenvalue weighted by Crippen LogP contribution is -2.39. The van der Waals surface area contributed by atoms with E-state index in [9.17, 15) is 4.79 Å². The summed E-state index contributed by atoms with van der Waals surface area (Å²) in [6, 6.07) is 5.64. The zero-order valence-corrected chi connectivity index (χ0v) is 13.3. The molecule has 1 aliphatic heterocycles. The Bertz CT molecular complexity index is 462. The number of carbonyl (C=O) groups is 1. The first-order chi connectivity index (χ1) is 9.11. The van der Waals surface area contributed by atoms with Crippen LogP contribution in [0.2, 0.25) is 5.02 Å². The van der Waals surface area contributed by atoms with Crippen molar-refractivity contribution in [1.29, 1.82) is 0 Å². The van der Waals surface area contributed by atoms with Crippen LogP contribution in [0.25, 0.3) is 0 Å². The number of likely N-dealkylation sites (N-methyl/N-ethyl adjacent to an activating group) is 1. The zero-order valence-electron chi connectivity index (χ0n) is 11.7. The molecule has 0 aliphatic carbocycles. The SMILES string of the molecule is COc1ccc(Cl)cc1CC(=O)N(C)C1CCNC1.Cl. The van der Waals surface area contributed by atoms with E-state index in [1.807, 2.05) is 11.9 Å². The third kappa shape index (κ3) is 4.01. The molecule has 6 heteroatoms. The Hall–Kier alpha value is -0.970. The molecule has 1 N–H and O–H groups in total. The van der Waals surface area contributed by atoms with Crippen LogP contribution in [0.15, 0.2) is 18.2 Å². The van der Waals surface area contributed by atoms with Gasteiger partial charge in [0.15, 0.2) is 0 Å². The number of methoxy groups -OCH3 is 1. The molecule has 1 amide bonds. The smallest absolute Gasteiger partial charge is 0.227 e. The van der Waals surface area contributed by atoms with Gasteiger partial charge in [-0.3, -0.25) is 4.79 Å². The number of amides is 1. The zero-order chi connectivity index (χ0) is 13.8. The van der Waals surface area contributed by atoms with Gasteiger partial charge in [-0.05, 0) is 31.2 Å².